The number of carbonyl (C=O) groups is 1. The van der Waals surface area contributed by atoms with E-state index in [4.69, 9.17) is 16.7 Å². The van der Waals surface area contributed by atoms with E-state index in [0.29, 0.717) is 9.72 Å². The molecule has 0 aliphatic heterocycles. The average Bonchev–Trinajstić information content (AvgIpc) is 2.40. The summed E-state index contributed by atoms with van der Waals surface area (Å²) in [6.45, 7) is 0. The number of carboxylic acids is 1. The van der Waals surface area contributed by atoms with Crippen LogP contribution in [0.25, 0.3) is 10.1 Å². The number of carboxylic acid groups (broad SMARTS) is 1. The maximum atomic E-state index is 10.9. The highest BCUT2D eigenvalue weighted by atomic mass is 35.5. The van der Waals surface area contributed by atoms with Crippen LogP contribution in [0, 0.1) is 0 Å². The summed E-state index contributed by atoms with van der Waals surface area (Å²) >= 11 is 11.2. The molecule has 1 aromatic heterocycles. The number of fused-ring (bicyclic) bond motifs is 1. The van der Waals surface area contributed by atoms with Gasteiger partial charge in [-0.3, -0.25) is 0 Å². The van der Waals surface area contributed by atoms with E-state index in [2.05, 4.69) is 12.6 Å². The lowest BCUT2D eigenvalue weighted by Gasteiger charge is -1.94. The van der Waals surface area contributed by atoms with E-state index in [0.717, 1.165) is 9.60 Å². The topological polar surface area (TPSA) is 37.3 Å². The molecule has 0 spiro atoms. The molecule has 2 aromatic rings. The van der Waals surface area contributed by atoms with Gasteiger partial charge >= 0.3 is 5.97 Å². The average molecular weight is 245 g/mol. The van der Waals surface area contributed by atoms with E-state index in [1.807, 2.05) is 12.1 Å². The lowest BCUT2D eigenvalue weighted by molar-refractivity contribution is 0.0699. The molecule has 1 aromatic carbocycles. The molecular weight excluding hydrogens is 240 g/mol. The Hall–Kier alpha value is -0.710. The summed E-state index contributed by atoms with van der Waals surface area (Å²) in [5, 5.41) is 9.59. The number of hydrogen-bond donors (Lipinski definition) is 2. The number of thiol groups is 1. The van der Waals surface area contributed by atoms with Gasteiger partial charge in [0, 0.05) is 15.0 Å². The van der Waals surface area contributed by atoms with Gasteiger partial charge in [0.15, 0.2) is 0 Å². The lowest BCUT2D eigenvalue weighted by atomic mass is 10.2. The highest BCUT2D eigenvalue weighted by molar-refractivity contribution is 7.80. The Morgan fingerprint density at radius 2 is 2.21 bits per heavy atom. The molecule has 2 rings (SSSR count). The van der Waals surface area contributed by atoms with Crippen LogP contribution in [0.1, 0.15) is 10.4 Å². The van der Waals surface area contributed by atoms with Gasteiger partial charge in [-0.05, 0) is 18.2 Å². The quantitative estimate of drug-likeness (QED) is 0.753. The standard InChI is InChI=1S/C9H5ClO2S2/c10-8-7(9(11)12)5-3-4(13)1-2-6(5)14-8/h1-3,13H,(H,11,12). The van der Waals surface area contributed by atoms with Crippen LogP contribution >= 0.6 is 35.6 Å². The molecule has 2 nitrogen and oxygen atoms in total. The Morgan fingerprint density at radius 1 is 1.50 bits per heavy atom. The zero-order valence-electron chi connectivity index (χ0n) is 6.82. The van der Waals surface area contributed by atoms with Crippen molar-refractivity contribution < 1.29 is 9.90 Å². The maximum absolute atomic E-state index is 10.9. The second-order valence-electron chi connectivity index (χ2n) is 2.74. The Balaban J connectivity index is 2.86. The van der Waals surface area contributed by atoms with Crippen LogP contribution in [0.15, 0.2) is 23.1 Å². The molecule has 0 saturated carbocycles. The van der Waals surface area contributed by atoms with Gasteiger partial charge in [-0.15, -0.1) is 24.0 Å². The highest BCUT2D eigenvalue weighted by Crippen LogP contribution is 2.36. The predicted molar refractivity (Wildman–Crippen MR) is 61.0 cm³/mol. The summed E-state index contributed by atoms with van der Waals surface area (Å²) in [4.78, 5) is 11.6. The number of halogens is 1. The first-order valence-corrected chi connectivity index (χ1v) is 5.38. The molecule has 0 unspecified atom stereocenters. The molecular formula is C9H5ClO2S2. The molecule has 0 bridgehead atoms. The minimum absolute atomic E-state index is 0.169. The summed E-state index contributed by atoms with van der Waals surface area (Å²) in [6, 6.07) is 5.34. The lowest BCUT2D eigenvalue weighted by Crippen LogP contribution is -1.94. The second kappa shape index (κ2) is 3.46. The number of aromatic carboxylic acids is 1. The van der Waals surface area contributed by atoms with E-state index in [1.54, 1.807) is 6.07 Å². The molecule has 0 fully saturated rings. The molecule has 0 aliphatic rings. The van der Waals surface area contributed by atoms with Crippen molar-refractivity contribution in [2.45, 2.75) is 4.90 Å². The van der Waals surface area contributed by atoms with Crippen molar-refractivity contribution in [3.63, 3.8) is 0 Å². The summed E-state index contributed by atoms with van der Waals surface area (Å²) in [5.41, 5.74) is 0.169. The molecule has 1 heterocycles. The predicted octanol–water partition coefficient (Wildman–Crippen LogP) is 3.54. The minimum Gasteiger partial charge on any atom is -0.478 e. The van der Waals surface area contributed by atoms with Crippen molar-refractivity contribution in [3.05, 3.63) is 28.1 Å². The van der Waals surface area contributed by atoms with Crippen molar-refractivity contribution >= 4 is 51.6 Å². The van der Waals surface area contributed by atoms with Crippen molar-refractivity contribution in [3.8, 4) is 0 Å². The van der Waals surface area contributed by atoms with Crippen LogP contribution in [-0.4, -0.2) is 11.1 Å². The van der Waals surface area contributed by atoms with Gasteiger partial charge in [-0.1, -0.05) is 11.6 Å². The first-order valence-electron chi connectivity index (χ1n) is 3.74. The molecule has 0 aliphatic carbocycles. The normalized spacial score (nSPS) is 10.7. The van der Waals surface area contributed by atoms with Crippen LogP contribution in [0.5, 0.6) is 0 Å². The van der Waals surface area contributed by atoms with Crippen molar-refractivity contribution in [2.75, 3.05) is 0 Å². The van der Waals surface area contributed by atoms with Crippen LogP contribution in [-0.2, 0) is 0 Å². The van der Waals surface area contributed by atoms with Gasteiger partial charge in [0.1, 0.15) is 4.34 Å². The van der Waals surface area contributed by atoms with Crippen molar-refractivity contribution in [2.24, 2.45) is 0 Å². The SMILES string of the molecule is O=C(O)c1c(Cl)sc2ccc(S)cc12. The van der Waals surface area contributed by atoms with Gasteiger partial charge in [-0.25, -0.2) is 4.79 Å². The monoisotopic (exact) mass is 244 g/mol. The zero-order chi connectivity index (χ0) is 10.3. The van der Waals surface area contributed by atoms with Gasteiger partial charge in [0.2, 0.25) is 0 Å². The third-order valence-electron chi connectivity index (χ3n) is 1.84. The van der Waals surface area contributed by atoms with E-state index < -0.39 is 5.97 Å². The molecule has 1 N–H and O–H groups in total. The Morgan fingerprint density at radius 3 is 2.86 bits per heavy atom. The minimum atomic E-state index is -1.000. The Bertz CT molecular complexity index is 519. The number of benzene rings is 1. The van der Waals surface area contributed by atoms with Gasteiger partial charge in [-0.2, -0.15) is 0 Å². The van der Waals surface area contributed by atoms with Crippen molar-refractivity contribution in [1.29, 1.82) is 0 Å². The van der Waals surface area contributed by atoms with E-state index in [-0.39, 0.29) is 5.56 Å². The van der Waals surface area contributed by atoms with Crippen molar-refractivity contribution in [1.82, 2.24) is 0 Å². The van der Waals surface area contributed by atoms with Crippen LogP contribution < -0.4 is 0 Å². The molecule has 0 atom stereocenters. The summed E-state index contributed by atoms with van der Waals surface area (Å²) in [7, 11) is 0. The third-order valence-corrected chi connectivity index (χ3v) is 3.50. The van der Waals surface area contributed by atoms with Crippen LogP contribution in [0.2, 0.25) is 4.34 Å². The van der Waals surface area contributed by atoms with Crippen LogP contribution in [0.4, 0.5) is 0 Å². The number of rotatable bonds is 1. The largest absolute Gasteiger partial charge is 0.478 e. The number of hydrogen-bond acceptors (Lipinski definition) is 3. The zero-order valence-corrected chi connectivity index (χ0v) is 9.29. The first-order chi connectivity index (χ1) is 6.59. The fourth-order valence-electron chi connectivity index (χ4n) is 1.26. The Labute approximate surface area is 94.5 Å². The fraction of sp³-hybridized carbons (Fsp3) is 0. The third kappa shape index (κ3) is 1.49. The smallest absolute Gasteiger partial charge is 0.338 e. The second-order valence-corrected chi connectivity index (χ2v) is 4.91. The molecule has 0 radical (unpaired) electrons. The van der Waals surface area contributed by atoms with Gasteiger partial charge in [0.25, 0.3) is 0 Å². The number of thiophene rings is 1. The molecule has 0 amide bonds. The highest BCUT2D eigenvalue weighted by Gasteiger charge is 2.16. The Kier molecular flexibility index (Phi) is 2.43. The maximum Gasteiger partial charge on any atom is 0.338 e. The summed E-state index contributed by atoms with van der Waals surface area (Å²) in [6.07, 6.45) is 0. The molecule has 5 heteroatoms. The molecule has 72 valence electrons. The first kappa shape index (κ1) is 9.83. The fourth-order valence-corrected chi connectivity index (χ4v) is 2.79. The van der Waals surface area contributed by atoms with Crippen LogP contribution in [0.3, 0.4) is 0 Å². The van der Waals surface area contributed by atoms with Gasteiger partial charge < -0.3 is 5.11 Å². The van der Waals surface area contributed by atoms with E-state index in [1.165, 1.54) is 11.3 Å². The summed E-state index contributed by atoms with van der Waals surface area (Å²) in [5.74, 6) is -1.000. The molecule has 0 saturated heterocycles. The van der Waals surface area contributed by atoms with Gasteiger partial charge in [0.05, 0.1) is 5.56 Å². The van der Waals surface area contributed by atoms with E-state index in [9.17, 15) is 4.79 Å². The van der Waals surface area contributed by atoms with E-state index >= 15 is 0 Å². The molecule has 14 heavy (non-hydrogen) atoms. The summed E-state index contributed by atoms with van der Waals surface area (Å²) < 4.78 is 1.18.